The minimum Gasteiger partial charge on any atom is -0.343 e. The Morgan fingerprint density at radius 3 is 2.00 bits per heavy atom. The van der Waals surface area contributed by atoms with E-state index in [4.69, 9.17) is 5.41 Å². The molecule has 0 bridgehead atoms. The van der Waals surface area contributed by atoms with Crippen LogP contribution in [-0.4, -0.2) is 41.4 Å². The molecule has 1 heterocycles. The van der Waals surface area contributed by atoms with E-state index < -0.39 is 0 Å². The number of guanidine groups is 1. The van der Waals surface area contributed by atoms with Gasteiger partial charge < -0.3 is 9.80 Å². The van der Waals surface area contributed by atoms with E-state index in [-0.39, 0.29) is 0 Å². The number of unbranched alkanes of at least 4 members (excludes halogenated alkanes) is 9. The summed E-state index contributed by atoms with van der Waals surface area (Å²) in [6.07, 6.45) is 22.0. The summed E-state index contributed by atoms with van der Waals surface area (Å²) in [6, 6.07) is 0.664. The molecule has 3 nitrogen and oxygen atoms in total. The second kappa shape index (κ2) is 12.6. The Kier molecular flexibility index (Phi) is 10.4. The highest BCUT2D eigenvalue weighted by Gasteiger charge is 2.28. The average molecular weight is 350 g/mol. The van der Waals surface area contributed by atoms with E-state index in [9.17, 15) is 0 Å². The predicted molar refractivity (Wildman–Crippen MR) is 109 cm³/mol. The molecule has 1 saturated carbocycles. The third-order valence-corrected chi connectivity index (χ3v) is 6.20. The summed E-state index contributed by atoms with van der Waals surface area (Å²) in [7, 11) is 0. The third-order valence-electron chi connectivity index (χ3n) is 6.20. The second-order valence-corrected chi connectivity index (χ2v) is 8.33. The van der Waals surface area contributed by atoms with Gasteiger partial charge in [0.1, 0.15) is 0 Å². The van der Waals surface area contributed by atoms with Crippen molar-refractivity contribution in [3.05, 3.63) is 0 Å². The van der Waals surface area contributed by atoms with E-state index in [2.05, 4.69) is 16.7 Å². The molecular formula is C22H43N3. The predicted octanol–water partition coefficient (Wildman–Crippen LogP) is 6.18. The molecule has 0 aromatic heterocycles. The maximum atomic E-state index is 8.62. The highest BCUT2D eigenvalue weighted by molar-refractivity contribution is 5.78. The first kappa shape index (κ1) is 20.6. The van der Waals surface area contributed by atoms with Crippen LogP contribution in [-0.2, 0) is 0 Å². The lowest BCUT2D eigenvalue weighted by molar-refractivity contribution is 0.174. The Morgan fingerprint density at radius 2 is 1.36 bits per heavy atom. The molecule has 1 saturated heterocycles. The standard InChI is InChI=1S/C22H43N3/c1-2-3-4-5-6-7-8-9-10-14-18-24-19-15-20-25(22(24)23)21-16-12-11-13-17-21/h21,23H,2-20H2,1H3. The molecular weight excluding hydrogens is 306 g/mol. The first-order valence-corrected chi connectivity index (χ1v) is 11.4. The lowest BCUT2D eigenvalue weighted by atomic mass is 9.94. The highest BCUT2D eigenvalue weighted by Crippen LogP contribution is 2.25. The molecule has 1 N–H and O–H groups in total. The largest absolute Gasteiger partial charge is 0.343 e. The van der Waals surface area contributed by atoms with E-state index in [1.54, 1.807) is 0 Å². The van der Waals surface area contributed by atoms with Crippen LogP contribution in [0.2, 0.25) is 0 Å². The van der Waals surface area contributed by atoms with E-state index in [0.717, 1.165) is 25.6 Å². The Morgan fingerprint density at radius 1 is 0.760 bits per heavy atom. The quantitative estimate of drug-likeness (QED) is 0.426. The van der Waals surface area contributed by atoms with Gasteiger partial charge in [-0.15, -0.1) is 0 Å². The van der Waals surface area contributed by atoms with E-state index in [1.807, 2.05) is 0 Å². The molecule has 3 heteroatoms. The summed E-state index contributed by atoms with van der Waals surface area (Å²) in [5.41, 5.74) is 0. The summed E-state index contributed by atoms with van der Waals surface area (Å²) in [6.45, 7) is 5.63. The van der Waals surface area contributed by atoms with Crippen LogP contribution >= 0.6 is 0 Å². The van der Waals surface area contributed by atoms with Crippen LogP contribution in [0, 0.1) is 5.41 Å². The molecule has 0 amide bonds. The van der Waals surface area contributed by atoms with Crippen LogP contribution in [0.5, 0.6) is 0 Å². The SMILES string of the molecule is CCCCCCCCCCCCN1CCCN(C2CCCCC2)C1=N. The van der Waals surface area contributed by atoms with Crippen LogP contribution in [0.4, 0.5) is 0 Å². The zero-order chi connectivity index (χ0) is 17.7. The van der Waals surface area contributed by atoms with Crippen molar-refractivity contribution in [1.82, 2.24) is 9.80 Å². The van der Waals surface area contributed by atoms with Gasteiger partial charge in [0, 0.05) is 25.7 Å². The van der Waals surface area contributed by atoms with Crippen molar-refractivity contribution in [3.63, 3.8) is 0 Å². The zero-order valence-electron chi connectivity index (χ0n) is 16.9. The maximum absolute atomic E-state index is 8.62. The Hall–Kier alpha value is -0.730. The molecule has 0 aromatic carbocycles. The minimum atomic E-state index is 0.664. The minimum absolute atomic E-state index is 0.664. The zero-order valence-corrected chi connectivity index (χ0v) is 16.9. The number of rotatable bonds is 12. The van der Waals surface area contributed by atoms with Crippen LogP contribution in [0.3, 0.4) is 0 Å². The van der Waals surface area contributed by atoms with Gasteiger partial charge in [-0.25, -0.2) is 0 Å². The van der Waals surface area contributed by atoms with Gasteiger partial charge in [0.2, 0.25) is 0 Å². The van der Waals surface area contributed by atoms with E-state index in [0.29, 0.717) is 6.04 Å². The monoisotopic (exact) mass is 349 g/mol. The van der Waals surface area contributed by atoms with E-state index >= 15 is 0 Å². The summed E-state index contributed by atoms with van der Waals surface area (Å²) >= 11 is 0. The molecule has 0 aromatic rings. The average Bonchev–Trinajstić information content (AvgIpc) is 2.65. The molecule has 0 spiro atoms. The van der Waals surface area contributed by atoms with Crippen molar-refractivity contribution in [3.8, 4) is 0 Å². The van der Waals surface area contributed by atoms with Crippen molar-refractivity contribution in [2.24, 2.45) is 0 Å². The Labute approximate surface area is 157 Å². The first-order valence-electron chi connectivity index (χ1n) is 11.4. The summed E-state index contributed by atoms with van der Waals surface area (Å²) in [5, 5.41) is 8.62. The van der Waals surface area contributed by atoms with Crippen molar-refractivity contribution in [2.75, 3.05) is 19.6 Å². The molecule has 0 atom stereocenters. The molecule has 2 fully saturated rings. The van der Waals surface area contributed by atoms with Gasteiger partial charge in [0.05, 0.1) is 0 Å². The van der Waals surface area contributed by atoms with Crippen LogP contribution in [0.1, 0.15) is 110 Å². The second-order valence-electron chi connectivity index (χ2n) is 8.33. The number of nitrogens with zero attached hydrogens (tertiary/aromatic N) is 2. The molecule has 146 valence electrons. The molecule has 25 heavy (non-hydrogen) atoms. The Bertz CT molecular complexity index is 349. The fraction of sp³-hybridized carbons (Fsp3) is 0.955. The topological polar surface area (TPSA) is 30.3 Å². The van der Waals surface area contributed by atoms with Gasteiger partial charge in [0.15, 0.2) is 5.96 Å². The van der Waals surface area contributed by atoms with Gasteiger partial charge in [-0.05, 0) is 25.7 Å². The lowest BCUT2D eigenvalue weighted by Gasteiger charge is -2.44. The molecule has 2 aliphatic rings. The fourth-order valence-corrected chi connectivity index (χ4v) is 4.58. The van der Waals surface area contributed by atoms with Gasteiger partial charge in [-0.2, -0.15) is 0 Å². The molecule has 1 aliphatic heterocycles. The van der Waals surface area contributed by atoms with Crippen molar-refractivity contribution in [2.45, 2.75) is 116 Å². The van der Waals surface area contributed by atoms with Gasteiger partial charge in [-0.3, -0.25) is 5.41 Å². The molecule has 0 radical (unpaired) electrons. The number of hydrogen-bond donors (Lipinski definition) is 1. The fourth-order valence-electron chi connectivity index (χ4n) is 4.58. The highest BCUT2D eigenvalue weighted by atomic mass is 15.4. The van der Waals surface area contributed by atoms with Crippen molar-refractivity contribution >= 4 is 5.96 Å². The first-order chi connectivity index (χ1) is 12.3. The van der Waals surface area contributed by atoms with Gasteiger partial charge in [0.25, 0.3) is 0 Å². The molecule has 1 aliphatic carbocycles. The van der Waals surface area contributed by atoms with Gasteiger partial charge >= 0.3 is 0 Å². The van der Waals surface area contributed by atoms with Gasteiger partial charge in [-0.1, -0.05) is 84.0 Å². The summed E-state index contributed by atoms with van der Waals surface area (Å²) in [5.74, 6) is 0.842. The molecule has 0 unspecified atom stereocenters. The summed E-state index contributed by atoms with van der Waals surface area (Å²) < 4.78 is 0. The van der Waals surface area contributed by atoms with Crippen molar-refractivity contribution < 1.29 is 0 Å². The maximum Gasteiger partial charge on any atom is 0.193 e. The third kappa shape index (κ3) is 7.58. The lowest BCUT2D eigenvalue weighted by Crippen LogP contribution is -2.54. The van der Waals surface area contributed by atoms with Crippen LogP contribution in [0.15, 0.2) is 0 Å². The Balaban J connectivity index is 1.52. The van der Waals surface area contributed by atoms with Crippen LogP contribution < -0.4 is 0 Å². The normalized spacial score (nSPS) is 19.6. The van der Waals surface area contributed by atoms with Crippen LogP contribution in [0.25, 0.3) is 0 Å². The smallest absolute Gasteiger partial charge is 0.193 e. The number of hydrogen-bond acceptors (Lipinski definition) is 1. The number of nitrogens with one attached hydrogen (secondary N) is 1. The molecule has 2 rings (SSSR count). The van der Waals surface area contributed by atoms with E-state index in [1.165, 1.54) is 103 Å². The van der Waals surface area contributed by atoms with Crippen molar-refractivity contribution in [1.29, 1.82) is 5.41 Å². The summed E-state index contributed by atoms with van der Waals surface area (Å²) in [4.78, 5) is 4.79.